The standard InChI is InChI=1S/C8H13F3OS/c1-6(12)13-5-4-7(9)2-3-8(10)11/h7-8H,2-5H2,1H3. The second kappa shape index (κ2) is 7.24. The molecule has 13 heavy (non-hydrogen) atoms. The van der Waals surface area contributed by atoms with Gasteiger partial charge in [0.1, 0.15) is 6.17 Å². The molecule has 0 aliphatic heterocycles. The lowest BCUT2D eigenvalue weighted by molar-refractivity contribution is -0.109. The van der Waals surface area contributed by atoms with E-state index in [9.17, 15) is 18.0 Å². The quantitative estimate of drug-likeness (QED) is 0.676. The van der Waals surface area contributed by atoms with Crippen molar-refractivity contribution < 1.29 is 18.0 Å². The molecule has 0 radical (unpaired) electrons. The van der Waals surface area contributed by atoms with E-state index in [-0.39, 0.29) is 18.0 Å². The van der Waals surface area contributed by atoms with Gasteiger partial charge in [-0.3, -0.25) is 4.79 Å². The Balaban J connectivity index is 3.29. The van der Waals surface area contributed by atoms with Crippen LogP contribution in [0, 0.1) is 0 Å². The average molecular weight is 214 g/mol. The van der Waals surface area contributed by atoms with Gasteiger partial charge in [0.2, 0.25) is 6.43 Å². The Morgan fingerprint density at radius 1 is 1.23 bits per heavy atom. The first kappa shape index (κ1) is 12.8. The summed E-state index contributed by atoms with van der Waals surface area (Å²) in [6.45, 7) is 1.40. The van der Waals surface area contributed by atoms with Crippen LogP contribution in [0.15, 0.2) is 0 Å². The summed E-state index contributed by atoms with van der Waals surface area (Å²) < 4.78 is 36.0. The van der Waals surface area contributed by atoms with Crippen molar-refractivity contribution in [1.29, 1.82) is 0 Å². The fourth-order valence-corrected chi connectivity index (χ4v) is 1.44. The van der Waals surface area contributed by atoms with Crippen LogP contribution in [0.5, 0.6) is 0 Å². The van der Waals surface area contributed by atoms with Crippen molar-refractivity contribution in [2.75, 3.05) is 5.75 Å². The minimum atomic E-state index is -2.43. The van der Waals surface area contributed by atoms with Gasteiger partial charge in [-0.2, -0.15) is 0 Å². The van der Waals surface area contributed by atoms with Gasteiger partial charge in [-0.05, 0) is 12.8 Å². The van der Waals surface area contributed by atoms with Gasteiger partial charge in [-0.1, -0.05) is 11.8 Å². The summed E-state index contributed by atoms with van der Waals surface area (Å²) in [5.41, 5.74) is 0. The maximum absolute atomic E-state index is 12.8. The zero-order valence-electron chi connectivity index (χ0n) is 7.43. The average Bonchev–Trinajstić information content (AvgIpc) is 2.00. The van der Waals surface area contributed by atoms with E-state index in [1.54, 1.807) is 0 Å². The predicted molar refractivity (Wildman–Crippen MR) is 47.9 cm³/mol. The third-order valence-corrected chi connectivity index (χ3v) is 2.28. The highest BCUT2D eigenvalue weighted by Crippen LogP contribution is 2.14. The molecule has 0 heterocycles. The van der Waals surface area contributed by atoms with E-state index in [1.807, 2.05) is 0 Å². The Labute approximate surface area is 80.1 Å². The SMILES string of the molecule is CC(=O)SCCC(F)CCC(F)F. The fourth-order valence-electron chi connectivity index (χ4n) is 0.782. The Morgan fingerprint density at radius 3 is 2.31 bits per heavy atom. The lowest BCUT2D eigenvalue weighted by atomic mass is 10.2. The molecule has 0 aromatic carbocycles. The summed E-state index contributed by atoms with van der Waals surface area (Å²) in [6.07, 6.45) is -3.97. The largest absolute Gasteiger partial charge is 0.288 e. The van der Waals surface area contributed by atoms with Crippen molar-refractivity contribution in [3.63, 3.8) is 0 Å². The van der Waals surface area contributed by atoms with E-state index < -0.39 is 19.0 Å². The normalized spacial score (nSPS) is 13.3. The van der Waals surface area contributed by atoms with E-state index in [4.69, 9.17) is 0 Å². The summed E-state index contributed by atoms with van der Waals surface area (Å²) in [7, 11) is 0. The van der Waals surface area contributed by atoms with E-state index in [2.05, 4.69) is 0 Å². The second-order valence-corrected chi connectivity index (χ2v) is 3.97. The van der Waals surface area contributed by atoms with Crippen LogP contribution in [0.3, 0.4) is 0 Å². The molecular weight excluding hydrogens is 201 g/mol. The summed E-state index contributed by atoms with van der Waals surface area (Å²) in [4.78, 5) is 10.4. The molecule has 0 aromatic heterocycles. The van der Waals surface area contributed by atoms with E-state index >= 15 is 0 Å². The first-order valence-corrected chi connectivity index (χ1v) is 5.06. The molecule has 1 nitrogen and oxygen atoms in total. The Kier molecular flexibility index (Phi) is 7.13. The molecule has 0 bridgehead atoms. The first-order valence-electron chi connectivity index (χ1n) is 4.08. The van der Waals surface area contributed by atoms with Crippen LogP contribution in [-0.2, 0) is 4.79 Å². The van der Waals surface area contributed by atoms with Crippen molar-refractivity contribution in [3.05, 3.63) is 0 Å². The minimum Gasteiger partial charge on any atom is -0.288 e. The van der Waals surface area contributed by atoms with Gasteiger partial charge in [0, 0.05) is 19.1 Å². The van der Waals surface area contributed by atoms with Gasteiger partial charge in [-0.25, -0.2) is 13.2 Å². The van der Waals surface area contributed by atoms with Crippen molar-refractivity contribution >= 4 is 16.9 Å². The zero-order chi connectivity index (χ0) is 10.3. The highest BCUT2D eigenvalue weighted by atomic mass is 32.2. The van der Waals surface area contributed by atoms with Gasteiger partial charge in [0.05, 0.1) is 0 Å². The monoisotopic (exact) mass is 214 g/mol. The van der Waals surface area contributed by atoms with Crippen LogP contribution in [0.4, 0.5) is 13.2 Å². The smallest absolute Gasteiger partial charge is 0.238 e. The summed E-state index contributed by atoms with van der Waals surface area (Å²) in [6, 6.07) is 0. The van der Waals surface area contributed by atoms with E-state index in [0.29, 0.717) is 5.75 Å². The van der Waals surface area contributed by atoms with Gasteiger partial charge < -0.3 is 0 Å². The van der Waals surface area contributed by atoms with Crippen LogP contribution in [0.2, 0.25) is 0 Å². The highest BCUT2D eigenvalue weighted by Gasteiger charge is 2.10. The van der Waals surface area contributed by atoms with E-state index in [0.717, 1.165) is 11.8 Å². The van der Waals surface area contributed by atoms with Crippen LogP contribution in [0.1, 0.15) is 26.2 Å². The van der Waals surface area contributed by atoms with Gasteiger partial charge in [-0.15, -0.1) is 0 Å². The predicted octanol–water partition coefficient (Wildman–Crippen LogP) is 3.04. The zero-order valence-corrected chi connectivity index (χ0v) is 8.25. The third kappa shape index (κ3) is 9.73. The molecule has 1 unspecified atom stereocenters. The number of halogens is 3. The number of hydrogen-bond acceptors (Lipinski definition) is 2. The maximum Gasteiger partial charge on any atom is 0.238 e. The Hall–Kier alpha value is -0.190. The maximum atomic E-state index is 12.8. The molecule has 0 saturated heterocycles. The Morgan fingerprint density at radius 2 is 1.85 bits per heavy atom. The lowest BCUT2D eigenvalue weighted by Gasteiger charge is -2.05. The molecule has 0 saturated carbocycles. The van der Waals surface area contributed by atoms with Crippen LogP contribution < -0.4 is 0 Å². The second-order valence-electron chi connectivity index (χ2n) is 2.69. The molecule has 0 spiro atoms. The number of carbonyl (C=O) groups is 1. The van der Waals surface area contributed by atoms with Gasteiger partial charge in [0.15, 0.2) is 5.12 Å². The Bertz CT molecular complexity index is 152. The summed E-state index contributed by atoms with van der Waals surface area (Å²) >= 11 is 1.03. The van der Waals surface area contributed by atoms with Crippen LogP contribution in [0.25, 0.3) is 0 Å². The number of hydrogen-bond donors (Lipinski definition) is 0. The molecule has 0 N–H and O–H groups in total. The van der Waals surface area contributed by atoms with Crippen molar-refractivity contribution in [1.82, 2.24) is 0 Å². The van der Waals surface area contributed by atoms with Crippen molar-refractivity contribution in [3.8, 4) is 0 Å². The van der Waals surface area contributed by atoms with Crippen LogP contribution in [-0.4, -0.2) is 23.5 Å². The molecule has 0 aliphatic carbocycles. The first-order chi connectivity index (χ1) is 6.02. The summed E-state index contributed by atoms with van der Waals surface area (Å²) in [5.74, 6) is 0.375. The van der Waals surface area contributed by atoms with Crippen molar-refractivity contribution in [2.24, 2.45) is 0 Å². The number of carbonyl (C=O) groups excluding carboxylic acids is 1. The van der Waals surface area contributed by atoms with Crippen LogP contribution >= 0.6 is 11.8 Å². The molecule has 0 fully saturated rings. The molecule has 0 amide bonds. The number of thioether (sulfide) groups is 1. The molecular formula is C8H13F3OS. The van der Waals surface area contributed by atoms with Gasteiger partial charge >= 0.3 is 0 Å². The molecule has 0 aromatic rings. The number of alkyl halides is 3. The fraction of sp³-hybridized carbons (Fsp3) is 0.875. The molecule has 78 valence electrons. The number of rotatable bonds is 6. The molecule has 1 atom stereocenters. The lowest BCUT2D eigenvalue weighted by Crippen LogP contribution is -2.05. The molecule has 0 rings (SSSR count). The molecule has 0 aliphatic rings. The topological polar surface area (TPSA) is 17.1 Å². The molecule has 5 heteroatoms. The third-order valence-electron chi connectivity index (χ3n) is 1.43. The summed E-state index contributed by atoms with van der Waals surface area (Å²) in [5, 5.41) is -0.0685. The van der Waals surface area contributed by atoms with Crippen molar-refractivity contribution in [2.45, 2.75) is 38.8 Å². The van der Waals surface area contributed by atoms with Gasteiger partial charge in [0.25, 0.3) is 0 Å². The van der Waals surface area contributed by atoms with E-state index in [1.165, 1.54) is 6.92 Å². The highest BCUT2D eigenvalue weighted by molar-refractivity contribution is 8.13. The minimum absolute atomic E-state index is 0.0685.